The molecule has 0 bridgehead atoms. The van der Waals surface area contributed by atoms with Crippen molar-refractivity contribution in [2.45, 2.75) is 20.4 Å². The first-order valence-corrected chi connectivity index (χ1v) is 5.75. The van der Waals surface area contributed by atoms with E-state index in [-0.39, 0.29) is 12.5 Å². The lowest BCUT2D eigenvalue weighted by molar-refractivity contribution is 0.0947. The number of hydrogen-bond acceptors (Lipinski definition) is 4. The van der Waals surface area contributed by atoms with Gasteiger partial charge in [0.15, 0.2) is 0 Å². The highest BCUT2D eigenvalue weighted by atomic mass is 35.5. The number of oxazole rings is 1. The van der Waals surface area contributed by atoms with E-state index < -0.39 is 0 Å². The Hall–Kier alpha value is -1.88. The molecule has 1 N–H and O–H groups in total. The third kappa shape index (κ3) is 2.87. The van der Waals surface area contributed by atoms with Gasteiger partial charge >= 0.3 is 0 Å². The molecular formula is C12H12ClN3O2. The molecule has 0 aliphatic rings. The van der Waals surface area contributed by atoms with Gasteiger partial charge in [-0.1, -0.05) is 11.6 Å². The maximum absolute atomic E-state index is 11.9. The summed E-state index contributed by atoms with van der Waals surface area (Å²) >= 11 is 5.97. The number of pyridine rings is 1. The van der Waals surface area contributed by atoms with Crippen LogP contribution in [0.15, 0.2) is 22.9 Å². The standard InChI is InChI=1S/C12H12ClN3O2/c1-7-3-10(13)9(5-14-7)12(17)16-6-11-15-4-8(2)18-11/h3-5H,6H2,1-2H3,(H,16,17). The van der Waals surface area contributed by atoms with E-state index in [2.05, 4.69) is 15.3 Å². The summed E-state index contributed by atoms with van der Waals surface area (Å²) in [7, 11) is 0. The van der Waals surface area contributed by atoms with Gasteiger partial charge in [-0.3, -0.25) is 9.78 Å². The zero-order valence-corrected chi connectivity index (χ0v) is 10.8. The molecule has 1 amide bonds. The smallest absolute Gasteiger partial charge is 0.254 e. The molecule has 18 heavy (non-hydrogen) atoms. The van der Waals surface area contributed by atoms with Crippen LogP contribution in [-0.4, -0.2) is 15.9 Å². The zero-order valence-electron chi connectivity index (χ0n) is 10.0. The highest BCUT2D eigenvalue weighted by molar-refractivity contribution is 6.33. The molecule has 2 aromatic rings. The summed E-state index contributed by atoms with van der Waals surface area (Å²) in [5, 5.41) is 3.05. The van der Waals surface area contributed by atoms with Crippen LogP contribution in [0.1, 0.15) is 27.7 Å². The third-order valence-electron chi connectivity index (χ3n) is 2.30. The van der Waals surface area contributed by atoms with Crippen LogP contribution in [0.5, 0.6) is 0 Å². The van der Waals surface area contributed by atoms with Crippen molar-refractivity contribution in [3.8, 4) is 0 Å². The Labute approximate surface area is 109 Å². The highest BCUT2D eigenvalue weighted by Gasteiger charge is 2.11. The van der Waals surface area contributed by atoms with Crippen molar-refractivity contribution >= 4 is 17.5 Å². The van der Waals surface area contributed by atoms with Gasteiger partial charge in [0, 0.05) is 11.9 Å². The van der Waals surface area contributed by atoms with Crippen molar-refractivity contribution in [2.75, 3.05) is 0 Å². The van der Waals surface area contributed by atoms with Gasteiger partial charge in [-0.15, -0.1) is 0 Å². The summed E-state index contributed by atoms with van der Waals surface area (Å²) in [5.74, 6) is 0.856. The quantitative estimate of drug-likeness (QED) is 0.924. The van der Waals surface area contributed by atoms with Gasteiger partial charge in [0.25, 0.3) is 5.91 Å². The lowest BCUT2D eigenvalue weighted by Crippen LogP contribution is -2.23. The maximum atomic E-state index is 11.9. The van der Waals surface area contributed by atoms with E-state index in [9.17, 15) is 4.79 Å². The number of carbonyl (C=O) groups excluding carboxylic acids is 1. The molecule has 5 nitrogen and oxygen atoms in total. The number of rotatable bonds is 3. The Morgan fingerprint density at radius 3 is 2.78 bits per heavy atom. The lowest BCUT2D eigenvalue weighted by Gasteiger charge is -2.05. The topological polar surface area (TPSA) is 68.0 Å². The number of hydrogen-bond donors (Lipinski definition) is 1. The second-order valence-electron chi connectivity index (χ2n) is 3.85. The minimum atomic E-state index is -0.302. The fourth-order valence-electron chi connectivity index (χ4n) is 1.43. The summed E-state index contributed by atoms with van der Waals surface area (Å²) in [6, 6.07) is 1.64. The van der Waals surface area contributed by atoms with Crippen molar-refractivity contribution in [3.05, 3.63) is 46.4 Å². The molecule has 6 heteroatoms. The van der Waals surface area contributed by atoms with E-state index in [1.54, 1.807) is 19.2 Å². The number of amides is 1. The average Bonchev–Trinajstić information content (AvgIpc) is 2.72. The van der Waals surface area contributed by atoms with Crippen LogP contribution in [0.2, 0.25) is 5.02 Å². The monoisotopic (exact) mass is 265 g/mol. The maximum Gasteiger partial charge on any atom is 0.254 e. The summed E-state index contributed by atoms with van der Waals surface area (Å²) < 4.78 is 5.24. The molecule has 0 aliphatic heterocycles. The fourth-order valence-corrected chi connectivity index (χ4v) is 1.72. The summed E-state index contributed by atoms with van der Waals surface area (Å²) in [6.07, 6.45) is 3.05. The normalized spacial score (nSPS) is 10.4. The molecule has 0 unspecified atom stereocenters. The minimum Gasteiger partial charge on any atom is -0.444 e. The molecule has 94 valence electrons. The minimum absolute atomic E-state index is 0.219. The Kier molecular flexibility index (Phi) is 3.62. The number of carbonyl (C=O) groups is 1. The van der Waals surface area contributed by atoms with Crippen LogP contribution < -0.4 is 5.32 Å². The van der Waals surface area contributed by atoms with E-state index in [0.29, 0.717) is 22.2 Å². The Morgan fingerprint density at radius 2 is 2.17 bits per heavy atom. The predicted octanol–water partition coefficient (Wildman–Crippen LogP) is 2.27. The van der Waals surface area contributed by atoms with E-state index >= 15 is 0 Å². The van der Waals surface area contributed by atoms with Gasteiger partial charge in [-0.25, -0.2) is 4.98 Å². The number of nitrogens with zero attached hydrogens (tertiary/aromatic N) is 2. The third-order valence-corrected chi connectivity index (χ3v) is 2.62. The largest absolute Gasteiger partial charge is 0.444 e. The number of aromatic nitrogens is 2. The first-order valence-electron chi connectivity index (χ1n) is 5.38. The molecule has 0 spiro atoms. The average molecular weight is 266 g/mol. The Balaban J connectivity index is 2.03. The molecule has 0 radical (unpaired) electrons. The van der Waals surface area contributed by atoms with Crippen molar-refractivity contribution in [1.82, 2.24) is 15.3 Å². The van der Waals surface area contributed by atoms with Gasteiger partial charge in [0.2, 0.25) is 5.89 Å². The van der Waals surface area contributed by atoms with Crippen molar-refractivity contribution in [3.63, 3.8) is 0 Å². The van der Waals surface area contributed by atoms with Crippen LogP contribution >= 0.6 is 11.6 Å². The van der Waals surface area contributed by atoms with Crippen molar-refractivity contribution in [1.29, 1.82) is 0 Å². The van der Waals surface area contributed by atoms with E-state index in [1.807, 2.05) is 6.92 Å². The Bertz CT molecular complexity index is 580. The number of halogens is 1. The molecule has 0 aliphatic carbocycles. The fraction of sp³-hybridized carbons (Fsp3) is 0.250. The second-order valence-corrected chi connectivity index (χ2v) is 4.26. The van der Waals surface area contributed by atoms with Gasteiger partial charge in [0.1, 0.15) is 5.76 Å². The summed E-state index contributed by atoms with van der Waals surface area (Å²) in [4.78, 5) is 19.9. The molecule has 0 saturated heterocycles. The molecule has 2 rings (SSSR count). The first-order chi connectivity index (χ1) is 8.56. The molecule has 0 saturated carbocycles. The van der Waals surface area contributed by atoms with E-state index in [0.717, 1.165) is 5.69 Å². The van der Waals surface area contributed by atoms with Crippen LogP contribution in [-0.2, 0) is 6.54 Å². The molecule has 2 aromatic heterocycles. The van der Waals surface area contributed by atoms with Crippen molar-refractivity contribution in [2.24, 2.45) is 0 Å². The van der Waals surface area contributed by atoms with Gasteiger partial charge in [-0.2, -0.15) is 0 Å². The SMILES string of the molecule is Cc1cc(Cl)c(C(=O)NCc2ncc(C)o2)cn1. The molecule has 2 heterocycles. The highest BCUT2D eigenvalue weighted by Crippen LogP contribution is 2.15. The first kappa shape index (κ1) is 12.6. The zero-order chi connectivity index (χ0) is 13.1. The van der Waals surface area contributed by atoms with Crippen LogP contribution in [0.25, 0.3) is 0 Å². The van der Waals surface area contributed by atoms with E-state index in [1.165, 1.54) is 6.20 Å². The Morgan fingerprint density at radius 1 is 1.39 bits per heavy atom. The van der Waals surface area contributed by atoms with Gasteiger partial charge < -0.3 is 9.73 Å². The predicted molar refractivity (Wildman–Crippen MR) is 66.4 cm³/mol. The molecule has 0 atom stereocenters. The van der Waals surface area contributed by atoms with Crippen LogP contribution in [0.3, 0.4) is 0 Å². The van der Waals surface area contributed by atoms with E-state index in [4.69, 9.17) is 16.0 Å². The summed E-state index contributed by atoms with van der Waals surface area (Å²) in [5.41, 5.74) is 1.10. The van der Waals surface area contributed by atoms with Crippen LogP contribution in [0, 0.1) is 13.8 Å². The van der Waals surface area contributed by atoms with Crippen LogP contribution in [0.4, 0.5) is 0 Å². The number of aryl methyl sites for hydroxylation is 2. The number of nitrogens with one attached hydrogen (secondary N) is 1. The molecular weight excluding hydrogens is 254 g/mol. The summed E-state index contributed by atoms with van der Waals surface area (Å²) in [6.45, 7) is 3.82. The second kappa shape index (κ2) is 5.18. The molecule has 0 fully saturated rings. The van der Waals surface area contributed by atoms with Gasteiger partial charge in [0.05, 0.1) is 23.3 Å². The lowest BCUT2D eigenvalue weighted by atomic mass is 10.2. The molecule has 0 aromatic carbocycles. The van der Waals surface area contributed by atoms with Crippen molar-refractivity contribution < 1.29 is 9.21 Å². The van der Waals surface area contributed by atoms with Gasteiger partial charge in [-0.05, 0) is 19.9 Å².